The first-order valence-electron chi connectivity index (χ1n) is 3.19. The Labute approximate surface area is 59.1 Å². The van der Waals surface area contributed by atoms with Crippen molar-refractivity contribution in [3.8, 4) is 0 Å². The second-order valence-corrected chi connectivity index (χ2v) is 2.89. The van der Waals surface area contributed by atoms with E-state index in [1.165, 1.54) is 6.92 Å². The Morgan fingerprint density at radius 2 is 2.30 bits per heavy atom. The lowest BCUT2D eigenvalue weighted by molar-refractivity contribution is -0.189. The van der Waals surface area contributed by atoms with Crippen molar-refractivity contribution < 1.29 is 15.0 Å². The summed E-state index contributed by atoms with van der Waals surface area (Å²) in [5.74, 6) is 0.0450. The Morgan fingerprint density at radius 1 is 1.80 bits per heavy atom. The van der Waals surface area contributed by atoms with E-state index in [9.17, 15) is 9.90 Å². The zero-order chi connectivity index (χ0) is 7.94. The molecular weight excluding hydrogens is 134 g/mol. The highest BCUT2D eigenvalue weighted by atomic mass is 16.4. The number of hydrogen-bond acceptors (Lipinski definition) is 2. The van der Waals surface area contributed by atoms with Crippen molar-refractivity contribution >= 4 is 6.09 Å². The minimum Gasteiger partial charge on any atom is -0.465 e. The van der Waals surface area contributed by atoms with E-state index >= 15 is 0 Å². The maximum Gasteiger partial charge on any atom is 0.409 e. The number of rotatable bonds is 0. The second-order valence-electron chi connectivity index (χ2n) is 2.89. The van der Waals surface area contributed by atoms with Gasteiger partial charge in [-0.25, -0.2) is 4.79 Å². The van der Waals surface area contributed by atoms with E-state index in [-0.39, 0.29) is 5.92 Å². The lowest BCUT2D eigenvalue weighted by atomic mass is 9.88. The van der Waals surface area contributed by atoms with Crippen LogP contribution < -0.4 is 0 Å². The molecule has 10 heavy (non-hydrogen) atoms. The molecule has 0 bridgehead atoms. The van der Waals surface area contributed by atoms with E-state index in [0.29, 0.717) is 6.54 Å². The minimum atomic E-state index is -1.15. The Bertz CT molecular complexity index is 166. The maximum absolute atomic E-state index is 10.3. The molecule has 4 heteroatoms. The Morgan fingerprint density at radius 3 is 2.40 bits per heavy atom. The molecule has 1 saturated heterocycles. The Balaban J connectivity index is 2.63. The average molecular weight is 145 g/mol. The summed E-state index contributed by atoms with van der Waals surface area (Å²) in [6.45, 7) is 3.76. The van der Waals surface area contributed by atoms with Crippen molar-refractivity contribution in [2.45, 2.75) is 19.6 Å². The molecule has 0 radical (unpaired) electrons. The van der Waals surface area contributed by atoms with Gasteiger partial charge in [-0.3, -0.25) is 4.90 Å². The predicted octanol–water partition coefficient (Wildman–Crippen LogP) is 0.325. The summed E-state index contributed by atoms with van der Waals surface area (Å²) >= 11 is 0. The van der Waals surface area contributed by atoms with Gasteiger partial charge in [0.2, 0.25) is 0 Å². The molecule has 1 rings (SSSR count). The molecule has 0 aromatic rings. The van der Waals surface area contributed by atoms with Gasteiger partial charge in [-0.2, -0.15) is 0 Å². The van der Waals surface area contributed by atoms with Crippen molar-refractivity contribution in [3.63, 3.8) is 0 Å². The van der Waals surface area contributed by atoms with Crippen LogP contribution in [-0.4, -0.2) is 33.5 Å². The Hall–Kier alpha value is -0.770. The normalized spacial score (nSPS) is 39.1. The van der Waals surface area contributed by atoms with Crippen LogP contribution in [0.2, 0.25) is 0 Å². The molecule has 1 aliphatic rings. The van der Waals surface area contributed by atoms with Gasteiger partial charge in [-0.05, 0) is 6.92 Å². The molecule has 2 atom stereocenters. The number of aliphatic hydroxyl groups is 1. The van der Waals surface area contributed by atoms with Gasteiger partial charge in [0.05, 0.1) is 0 Å². The van der Waals surface area contributed by atoms with Crippen LogP contribution in [0.25, 0.3) is 0 Å². The van der Waals surface area contributed by atoms with E-state index in [4.69, 9.17) is 5.11 Å². The van der Waals surface area contributed by atoms with Crippen molar-refractivity contribution in [2.24, 2.45) is 5.92 Å². The fraction of sp³-hybridized carbons (Fsp3) is 0.833. The zero-order valence-corrected chi connectivity index (χ0v) is 6.03. The van der Waals surface area contributed by atoms with Gasteiger partial charge in [-0.1, -0.05) is 6.92 Å². The lowest BCUT2D eigenvalue weighted by Gasteiger charge is -2.50. The van der Waals surface area contributed by atoms with Crippen LogP contribution in [0.5, 0.6) is 0 Å². The zero-order valence-electron chi connectivity index (χ0n) is 6.03. The molecule has 1 fully saturated rings. The van der Waals surface area contributed by atoms with Crippen molar-refractivity contribution in [1.82, 2.24) is 4.90 Å². The third-order valence-corrected chi connectivity index (χ3v) is 2.17. The van der Waals surface area contributed by atoms with Gasteiger partial charge >= 0.3 is 6.09 Å². The van der Waals surface area contributed by atoms with Crippen LogP contribution in [0.1, 0.15) is 13.8 Å². The second kappa shape index (κ2) is 1.85. The number of carbonyl (C=O) groups is 1. The minimum absolute atomic E-state index is 0.0450. The summed E-state index contributed by atoms with van der Waals surface area (Å²) in [5.41, 5.74) is -1.15. The Kier molecular flexibility index (Phi) is 1.36. The summed E-state index contributed by atoms with van der Waals surface area (Å²) < 4.78 is 0. The van der Waals surface area contributed by atoms with Crippen LogP contribution >= 0.6 is 0 Å². The van der Waals surface area contributed by atoms with Gasteiger partial charge in [0, 0.05) is 12.5 Å². The quantitative estimate of drug-likeness (QED) is 0.516. The van der Waals surface area contributed by atoms with E-state index in [1.807, 2.05) is 6.92 Å². The molecule has 0 aliphatic carbocycles. The van der Waals surface area contributed by atoms with Crippen molar-refractivity contribution in [1.29, 1.82) is 0 Å². The highest BCUT2D eigenvalue weighted by Crippen LogP contribution is 2.32. The molecule has 0 spiro atoms. The first-order chi connectivity index (χ1) is 4.46. The lowest BCUT2D eigenvalue weighted by Crippen LogP contribution is -2.66. The van der Waals surface area contributed by atoms with E-state index in [0.717, 1.165) is 4.90 Å². The van der Waals surface area contributed by atoms with Gasteiger partial charge in [0.25, 0.3) is 0 Å². The smallest absolute Gasteiger partial charge is 0.409 e. The third-order valence-electron chi connectivity index (χ3n) is 2.17. The van der Waals surface area contributed by atoms with Gasteiger partial charge in [0.15, 0.2) is 0 Å². The standard InChI is InChI=1S/C6H11NO3/c1-4-3-7(5(8)9)6(4,2)10/h4,10H,3H2,1-2H3,(H,8,9). The summed E-state index contributed by atoms with van der Waals surface area (Å²) in [6, 6.07) is 0. The van der Waals surface area contributed by atoms with Crippen LogP contribution in [0, 0.1) is 5.92 Å². The molecule has 0 saturated carbocycles. The highest BCUT2D eigenvalue weighted by molar-refractivity contribution is 5.67. The average Bonchev–Trinajstić information content (AvgIpc) is 1.82. The molecule has 2 unspecified atom stereocenters. The number of likely N-dealkylation sites (tertiary alicyclic amines) is 1. The molecular formula is C6H11NO3. The largest absolute Gasteiger partial charge is 0.465 e. The molecule has 1 heterocycles. The van der Waals surface area contributed by atoms with E-state index < -0.39 is 11.8 Å². The maximum atomic E-state index is 10.3. The van der Waals surface area contributed by atoms with E-state index in [1.54, 1.807) is 0 Å². The van der Waals surface area contributed by atoms with Gasteiger partial charge in [0.1, 0.15) is 5.72 Å². The topological polar surface area (TPSA) is 60.8 Å². The molecule has 0 aromatic carbocycles. The number of carboxylic acid groups (broad SMARTS) is 1. The van der Waals surface area contributed by atoms with Gasteiger partial charge in [-0.15, -0.1) is 0 Å². The van der Waals surface area contributed by atoms with Crippen LogP contribution in [0.15, 0.2) is 0 Å². The van der Waals surface area contributed by atoms with Crippen LogP contribution in [0.3, 0.4) is 0 Å². The molecule has 58 valence electrons. The fourth-order valence-corrected chi connectivity index (χ4v) is 1.06. The number of nitrogens with zero attached hydrogens (tertiary/aromatic N) is 1. The molecule has 4 nitrogen and oxygen atoms in total. The highest BCUT2D eigenvalue weighted by Gasteiger charge is 2.48. The monoisotopic (exact) mass is 145 g/mol. The summed E-state index contributed by atoms with van der Waals surface area (Å²) in [4.78, 5) is 11.3. The molecule has 1 amide bonds. The van der Waals surface area contributed by atoms with Crippen molar-refractivity contribution in [2.75, 3.05) is 6.54 Å². The number of hydrogen-bond donors (Lipinski definition) is 2. The summed E-state index contributed by atoms with van der Waals surface area (Å²) in [7, 11) is 0. The molecule has 2 N–H and O–H groups in total. The summed E-state index contributed by atoms with van der Waals surface area (Å²) in [5, 5.41) is 17.8. The third kappa shape index (κ3) is 0.759. The first kappa shape index (κ1) is 7.34. The summed E-state index contributed by atoms with van der Waals surface area (Å²) in [6.07, 6.45) is -1.05. The molecule has 1 aliphatic heterocycles. The van der Waals surface area contributed by atoms with Crippen molar-refractivity contribution in [3.05, 3.63) is 0 Å². The predicted molar refractivity (Wildman–Crippen MR) is 34.5 cm³/mol. The SMILES string of the molecule is CC1CN(C(=O)O)C1(C)O. The van der Waals surface area contributed by atoms with Gasteiger partial charge < -0.3 is 10.2 Å². The first-order valence-corrected chi connectivity index (χ1v) is 3.19. The fourth-order valence-electron chi connectivity index (χ4n) is 1.06. The van der Waals surface area contributed by atoms with Crippen LogP contribution in [0.4, 0.5) is 4.79 Å². The van der Waals surface area contributed by atoms with Crippen LogP contribution in [-0.2, 0) is 0 Å². The van der Waals surface area contributed by atoms with E-state index in [2.05, 4.69) is 0 Å². The molecule has 0 aromatic heterocycles. The number of amides is 1.